The predicted octanol–water partition coefficient (Wildman–Crippen LogP) is 3.82. The van der Waals surface area contributed by atoms with Crippen LogP contribution >= 0.6 is 0 Å². The molecule has 0 radical (unpaired) electrons. The van der Waals surface area contributed by atoms with Gasteiger partial charge in [-0.3, -0.25) is 0 Å². The highest BCUT2D eigenvalue weighted by molar-refractivity contribution is 5.93. The molecule has 0 saturated carbocycles. The molecule has 2 heterocycles. The molecule has 2 aromatic carbocycles. The Morgan fingerprint density at radius 1 is 1.09 bits per heavy atom. The van der Waals surface area contributed by atoms with Gasteiger partial charge in [-0.25, -0.2) is 0 Å². The summed E-state index contributed by atoms with van der Waals surface area (Å²) in [6.45, 7) is 0. The smallest absolute Gasteiger partial charge is 0.260 e. The molecular formula is C18H15N3O2. The predicted molar refractivity (Wildman–Crippen MR) is 87.4 cm³/mol. The Morgan fingerprint density at radius 2 is 1.91 bits per heavy atom. The van der Waals surface area contributed by atoms with Crippen molar-refractivity contribution < 1.29 is 9.26 Å². The first kappa shape index (κ1) is 13.6. The van der Waals surface area contributed by atoms with Gasteiger partial charge in [0.05, 0.1) is 12.7 Å². The van der Waals surface area contributed by atoms with E-state index in [1.807, 2.05) is 54.7 Å². The monoisotopic (exact) mass is 305 g/mol. The van der Waals surface area contributed by atoms with Crippen molar-refractivity contribution in [2.24, 2.45) is 0 Å². The molecule has 0 aliphatic rings. The standard InChI is InChI=1S/C18H15N3O2/c1-22-13-8-6-12(7-9-13)10-17-20-18(23-21-17)15-11-19-16-5-3-2-4-14(15)16/h2-9,11,19H,10H2,1H3. The first-order chi connectivity index (χ1) is 11.3. The minimum Gasteiger partial charge on any atom is -0.497 e. The highest BCUT2D eigenvalue weighted by atomic mass is 16.5. The molecule has 0 unspecified atom stereocenters. The molecule has 23 heavy (non-hydrogen) atoms. The number of fused-ring (bicyclic) bond motifs is 1. The number of para-hydroxylation sites is 1. The van der Waals surface area contributed by atoms with E-state index in [4.69, 9.17) is 9.26 Å². The highest BCUT2D eigenvalue weighted by Gasteiger charge is 2.13. The summed E-state index contributed by atoms with van der Waals surface area (Å²) in [6.07, 6.45) is 2.52. The van der Waals surface area contributed by atoms with Gasteiger partial charge in [0, 0.05) is 23.5 Å². The van der Waals surface area contributed by atoms with Crippen molar-refractivity contribution in [2.45, 2.75) is 6.42 Å². The average molecular weight is 305 g/mol. The summed E-state index contributed by atoms with van der Waals surface area (Å²) < 4.78 is 10.6. The first-order valence-corrected chi connectivity index (χ1v) is 7.35. The highest BCUT2D eigenvalue weighted by Crippen LogP contribution is 2.27. The van der Waals surface area contributed by atoms with Crippen molar-refractivity contribution in [1.82, 2.24) is 15.1 Å². The van der Waals surface area contributed by atoms with Crippen LogP contribution in [0.2, 0.25) is 0 Å². The number of nitrogens with one attached hydrogen (secondary N) is 1. The van der Waals surface area contributed by atoms with Crippen molar-refractivity contribution in [3.63, 3.8) is 0 Å². The number of hydrogen-bond donors (Lipinski definition) is 1. The third-order valence-electron chi connectivity index (χ3n) is 3.81. The van der Waals surface area contributed by atoms with Crippen molar-refractivity contribution in [3.05, 3.63) is 66.1 Å². The lowest BCUT2D eigenvalue weighted by molar-refractivity contribution is 0.414. The molecule has 5 nitrogen and oxygen atoms in total. The second-order valence-electron chi connectivity index (χ2n) is 5.29. The molecule has 0 amide bonds. The van der Waals surface area contributed by atoms with Gasteiger partial charge in [0.2, 0.25) is 0 Å². The van der Waals surface area contributed by atoms with Gasteiger partial charge in [-0.1, -0.05) is 35.5 Å². The summed E-state index contributed by atoms with van der Waals surface area (Å²) in [5, 5.41) is 5.16. The lowest BCUT2D eigenvalue weighted by Crippen LogP contribution is -1.91. The average Bonchev–Trinajstić information content (AvgIpc) is 3.22. The zero-order chi connectivity index (χ0) is 15.6. The van der Waals surface area contributed by atoms with Crippen molar-refractivity contribution in [3.8, 4) is 17.2 Å². The Hall–Kier alpha value is -3.08. The van der Waals surface area contributed by atoms with Gasteiger partial charge in [-0.05, 0) is 23.8 Å². The van der Waals surface area contributed by atoms with Gasteiger partial charge in [0.25, 0.3) is 5.89 Å². The van der Waals surface area contributed by atoms with E-state index in [1.165, 1.54) is 0 Å². The van der Waals surface area contributed by atoms with Crippen LogP contribution in [0.1, 0.15) is 11.4 Å². The van der Waals surface area contributed by atoms with Crippen LogP contribution in [0.5, 0.6) is 5.75 Å². The second kappa shape index (κ2) is 5.61. The summed E-state index contributed by atoms with van der Waals surface area (Å²) in [5.74, 6) is 2.03. The molecule has 0 aliphatic carbocycles. The fourth-order valence-electron chi connectivity index (χ4n) is 2.61. The van der Waals surface area contributed by atoms with Crippen LogP contribution in [-0.2, 0) is 6.42 Å². The molecule has 114 valence electrons. The number of hydrogen-bond acceptors (Lipinski definition) is 4. The van der Waals surface area contributed by atoms with Gasteiger partial charge < -0.3 is 14.2 Å². The topological polar surface area (TPSA) is 63.9 Å². The Morgan fingerprint density at radius 3 is 2.74 bits per heavy atom. The van der Waals surface area contributed by atoms with Gasteiger partial charge in [0.1, 0.15) is 5.75 Å². The minimum absolute atomic E-state index is 0.533. The van der Waals surface area contributed by atoms with E-state index >= 15 is 0 Å². The maximum absolute atomic E-state index is 5.43. The lowest BCUT2D eigenvalue weighted by Gasteiger charge is -2.00. The molecule has 2 aromatic heterocycles. The molecule has 0 atom stereocenters. The van der Waals surface area contributed by atoms with Gasteiger partial charge >= 0.3 is 0 Å². The fraction of sp³-hybridized carbons (Fsp3) is 0.111. The fourth-order valence-corrected chi connectivity index (χ4v) is 2.61. The Kier molecular flexibility index (Phi) is 3.31. The molecule has 0 aliphatic heterocycles. The largest absolute Gasteiger partial charge is 0.497 e. The molecule has 0 spiro atoms. The van der Waals surface area contributed by atoms with Gasteiger partial charge in [-0.15, -0.1) is 0 Å². The number of nitrogens with zero attached hydrogens (tertiary/aromatic N) is 2. The van der Waals surface area contributed by atoms with E-state index < -0.39 is 0 Å². The third-order valence-corrected chi connectivity index (χ3v) is 3.81. The molecule has 0 saturated heterocycles. The van der Waals surface area contributed by atoms with Crippen LogP contribution in [0.3, 0.4) is 0 Å². The summed E-state index contributed by atoms with van der Waals surface area (Å²) in [4.78, 5) is 7.73. The van der Waals surface area contributed by atoms with Crippen LogP contribution in [0, 0.1) is 0 Å². The van der Waals surface area contributed by atoms with E-state index in [0.29, 0.717) is 18.1 Å². The number of rotatable bonds is 4. The third kappa shape index (κ3) is 2.57. The van der Waals surface area contributed by atoms with Crippen molar-refractivity contribution in [1.29, 1.82) is 0 Å². The lowest BCUT2D eigenvalue weighted by atomic mass is 10.1. The van der Waals surface area contributed by atoms with E-state index in [2.05, 4.69) is 15.1 Å². The first-order valence-electron chi connectivity index (χ1n) is 7.35. The van der Waals surface area contributed by atoms with Crippen LogP contribution in [0.15, 0.2) is 59.3 Å². The minimum atomic E-state index is 0.533. The maximum atomic E-state index is 5.43. The van der Waals surface area contributed by atoms with Crippen LogP contribution in [-0.4, -0.2) is 22.2 Å². The van der Waals surface area contributed by atoms with Gasteiger partial charge in [0.15, 0.2) is 5.82 Å². The number of methoxy groups -OCH3 is 1. The number of aromatic nitrogens is 3. The van der Waals surface area contributed by atoms with Crippen molar-refractivity contribution >= 4 is 10.9 Å². The second-order valence-corrected chi connectivity index (χ2v) is 5.29. The zero-order valence-corrected chi connectivity index (χ0v) is 12.6. The Labute approximate surface area is 132 Å². The van der Waals surface area contributed by atoms with E-state index in [-0.39, 0.29) is 0 Å². The zero-order valence-electron chi connectivity index (χ0n) is 12.6. The summed E-state index contributed by atoms with van der Waals surface area (Å²) in [7, 11) is 1.65. The Bertz CT molecular complexity index is 938. The number of benzene rings is 2. The molecule has 0 bridgehead atoms. The normalized spacial score (nSPS) is 11.0. The van der Waals surface area contributed by atoms with E-state index in [9.17, 15) is 0 Å². The number of H-pyrrole nitrogens is 1. The van der Waals surface area contributed by atoms with E-state index in [1.54, 1.807) is 7.11 Å². The number of ether oxygens (including phenoxy) is 1. The summed E-state index contributed by atoms with van der Waals surface area (Å²) in [6, 6.07) is 15.9. The molecular weight excluding hydrogens is 290 g/mol. The SMILES string of the molecule is COc1ccc(Cc2noc(-c3c[nH]c4ccccc34)n2)cc1. The summed E-state index contributed by atoms with van der Waals surface area (Å²) >= 11 is 0. The van der Waals surface area contributed by atoms with Crippen molar-refractivity contribution in [2.75, 3.05) is 7.11 Å². The van der Waals surface area contributed by atoms with Crippen LogP contribution in [0.25, 0.3) is 22.4 Å². The van der Waals surface area contributed by atoms with Crippen LogP contribution < -0.4 is 4.74 Å². The molecule has 4 rings (SSSR count). The van der Waals surface area contributed by atoms with Crippen LogP contribution in [0.4, 0.5) is 0 Å². The summed E-state index contributed by atoms with van der Waals surface area (Å²) in [5.41, 5.74) is 3.09. The number of aromatic amines is 1. The van der Waals surface area contributed by atoms with E-state index in [0.717, 1.165) is 27.8 Å². The Balaban J connectivity index is 1.61. The maximum Gasteiger partial charge on any atom is 0.260 e. The van der Waals surface area contributed by atoms with Gasteiger partial charge in [-0.2, -0.15) is 4.98 Å². The molecule has 4 aromatic rings. The molecule has 1 N–H and O–H groups in total. The molecule has 0 fully saturated rings. The molecule has 5 heteroatoms. The quantitative estimate of drug-likeness (QED) is 0.622.